The van der Waals surface area contributed by atoms with Gasteiger partial charge in [0.2, 0.25) is 0 Å². The second-order valence-electron chi connectivity index (χ2n) is 1.99. The fraction of sp³-hybridized carbons (Fsp3) is 0.500. The fourth-order valence-corrected chi connectivity index (χ4v) is 0.555. The SMILES string of the molecule is CCN(CC#N)C(=O)N=NC(N)=O. The minimum atomic E-state index is -1.04. The molecule has 0 atom stereocenters. The third-order valence-electron chi connectivity index (χ3n) is 1.15. The van der Waals surface area contributed by atoms with Gasteiger partial charge in [-0.15, -0.1) is 0 Å². The Hall–Kier alpha value is -1.97. The molecule has 7 nitrogen and oxygen atoms in total. The Labute approximate surface area is 74.8 Å². The molecule has 0 aromatic rings. The summed E-state index contributed by atoms with van der Waals surface area (Å²) in [4.78, 5) is 22.2. The molecule has 0 saturated heterocycles. The normalized spacial score (nSPS) is 9.54. The lowest BCUT2D eigenvalue weighted by Crippen LogP contribution is -2.28. The summed E-state index contributed by atoms with van der Waals surface area (Å²) in [6.07, 6.45) is 0. The summed E-state index contributed by atoms with van der Waals surface area (Å²) in [5.74, 6) is 0. The summed E-state index contributed by atoms with van der Waals surface area (Å²) in [5, 5.41) is 14.1. The Morgan fingerprint density at radius 3 is 2.54 bits per heavy atom. The number of urea groups is 2. The van der Waals surface area contributed by atoms with Crippen LogP contribution in [0.4, 0.5) is 9.59 Å². The van der Waals surface area contributed by atoms with Crippen LogP contribution in [0.3, 0.4) is 0 Å². The van der Waals surface area contributed by atoms with Crippen molar-refractivity contribution >= 4 is 12.1 Å². The Balaban J connectivity index is 4.23. The highest BCUT2D eigenvalue weighted by Gasteiger charge is 2.09. The Morgan fingerprint density at radius 2 is 2.15 bits per heavy atom. The van der Waals surface area contributed by atoms with Gasteiger partial charge < -0.3 is 10.6 Å². The fourth-order valence-electron chi connectivity index (χ4n) is 0.555. The predicted molar refractivity (Wildman–Crippen MR) is 42.7 cm³/mol. The van der Waals surface area contributed by atoms with Crippen molar-refractivity contribution in [3.8, 4) is 6.07 Å². The summed E-state index contributed by atoms with van der Waals surface area (Å²) in [6, 6.07) is -0.0133. The molecule has 0 aromatic carbocycles. The van der Waals surface area contributed by atoms with Crippen molar-refractivity contribution in [2.75, 3.05) is 13.1 Å². The number of carbonyl (C=O) groups is 2. The maximum absolute atomic E-state index is 11.0. The molecule has 4 amide bonds. The lowest BCUT2D eigenvalue weighted by atomic mass is 10.5. The second kappa shape index (κ2) is 5.65. The van der Waals surface area contributed by atoms with Gasteiger partial charge in [0.25, 0.3) is 0 Å². The monoisotopic (exact) mass is 183 g/mol. The number of amides is 4. The highest BCUT2D eigenvalue weighted by Crippen LogP contribution is 1.92. The molecule has 0 radical (unpaired) electrons. The first-order valence-electron chi connectivity index (χ1n) is 3.48. The third kappa shape index (κ3) is 4.47. The van der Waals surface area contributed by atoms with Crippen molar-refractivity contribution in [3.63, 3.8) is 0 Å². The number of carbonyl (C=O) groups excluding carboxylic acids is 2. The van der Waals surface area contributed by atoms with Crippen molar-refractivity contribution in [2.45, 2.75) is 6.92 Å². The average molecular weight is 183 g/mol. The highest BCUT2D eigenvalue weighted by molar-refractivity contribution is 5.78. The summed E-state index contributed by atoms with van der Waals surface area (Å²) in [6.45, 7) is 1.91. The van der Waals surface area contributed by atoms with E-state index in [2.05, 4.69) is 16.0 Å². The Kier molecular flexibility index (Phi) is 4.79. The number of nitrogens with two attached hydrogens (primary N) is 1. The van der Waals surface area contributed by atoms with E-state index in [0.717, 1.165) is 4.90 Å². The molecule has 0 aromatic heterocycles. The van der Waals surface area contributed by atoms with E-state index in [4.69, 9.17) is 5.26 Å². The van der Waals surface area contributed by atoms with Crippen LogP contribution in [0.2, 0.25) is 0 Å². The van der Waals surface area contributed by atoms with Gasteiger partial charge in [0.15, 0.2) is 0 Å². The van der Waals surface area contributed by atoms with Crippen LogP contribution in [0.25, 0.3) is 0 Å². The molecular formula is C6H9N5O2. The van der Waals surface area contributed by atoms with E-state index in [0.29, 0.717) is 6.54 Å². The van der Waals surface area contributed by atoms with Crippen molar-refractivity contribution < 1.29 is 9.59 Å². The quantitative estimate of drug-likeness (QED) is 0.496. The van der Waals surface area contributed by atoms with Crippen LogP contribution in [0.1, 0.15) is 6.92 Å². The van der Waals surface area contributed by atoms with Gasteiger partial charge in [0.1, 0.15) is 6.54 Å². The number of hydrogen-bond acceptors (Lipinski definition) is 3. The van der Waals surface area contributed by atoms with Gasteiger partial charge >= 0.3 is 12.1 Å². The number of hydrogen-bond donors (Lipinski definition) is 1. The third-order valence-corrected chi connectivity index (χ3v) is 1.15. The summed E-state index contributed by atoms with van der Waals surface area (Å²) in [7, 11) is 0. The smallest absolute Gasteiger partial charge is 0.348 e. The molecule has 0 bridgehead atoms. The zero-order chi connectivity index (χ0) is 10.3. The van der Waals surface area contributed by atoms with E-state index < -0.39 is 12.1 Å². The molecule has 7 heteroatoms. The molecular weight excluding hydrogens is 174 g/mol. The Bertz CT molecular complexity index is 267. The van der Waals surface area contributed by atoms with Gasteiger partial charge in [-0.2, -0.15) is 5.26 Å². The number of primary amides is 1. The lowest BCUT2D eigenvalue weighted by Gasteiger charge is -2.11. The van der Waals surface area contributed by atoms with Crippen molar-refractivity contribution in [1.82, 2.24) is 4.90 Å². The molecule has 0 unspecified atom stereocenters. The van der Waals surface area contributed by atoms with Crippen LogP contribution in [0.15, 0.2) is 10.2 Å². The van der Waals surface area contributed by atoms with Crippen LogP contribution in [-0.4, -0.2) is 30.1 Å². The zero-order valence-corrected chi connectivity index (χ0v) is 7.10. The standard InChI is InChI=1S/C6H9N5O2/c1-2-11(4-3-7)6(13)10-9-5(8)12/h2,4H2,1H3,(H2,8,12). The van der Waals surface area contributed by atoms with Crippen LogP contribution in [0, 0.1) is 11.3 Å². The topological polar surface area (TPSA) is 112 Å². The highest BCUT2D eigenvalue weighted by atomic mass is 16.2. The van der Waals surface area contributed by atoms with Crippen molar-refractivity contribution in [3.05, 3.63) is 0 Å². The molecule has 0 spiro atoms. The van der Waals surface area contributed by atoms with Crippen LogP contribution < -0.4 is 5.73 Å². The second-order valence-corrected chi connectivity index (χ2v) is 1.99. The van der Waals surface area contributed by atoms with Gasteiger partial charge in [0, 0.05) is 6.54 Å². The van der Waals surface area contributed by atoms with Crippen molar-refractivity contribution in [2.24, 2.45) is 16.0 Å². The van der Waals surface area contributed by atoms with Gasteiger partial charge in [0.05, 0.1) is 6.07 Å². The molecule has 0 saturated carbocycles. The molecule has 0 rings (SSSR count). The van der Waals surface area contributed by atoms with E-state index >= 15 is 0 Å². The summed E-state index contributed by atoms with van der Waals surface area (Å²) < 4.78 is 0. The molecule has 70 valence electrons. The summed E-state index contributed by atoms with van der Waals surface area (Å²) >= 11 is 0. The summed E-state index contributed by atoms with van der Waals surface area (Å²) in [5.41, 5.74) is 4.62. The molecule has 0 aliphatic heterocycles. The Morgan fingerprint density at radius 1 is 1.54 bits per heavy atom. The molecule has 0 heterocycles. The van der Waals surface area contributed by atoms with E-state index in [9.17, 15) is 9.59 Å². The molecule has 13 heavy (non-hydrogen) atoms. The largest absolute Gasteiger partial charge is 0.363 e. The number of nitriles is 1. The van der Waals surface area contributed by atoms with Crippen LogP contribution in [0.5, 0.6) is 0 Å². The van der Waals surface area contributed by atoms with Gasteiger partial charge in [-0.25, -0.2) is 9.59 Å². The number of azo groups is 1. The molecule has 2 N–H and O–H groups in total. The van der Waals surface area contributed by atoms with Gasteiger partial charge in [-0.1, -0.05) is 10.2 Å². The maximum atomic E-state index is 11.0. The van der Waals surface area contributed by atoms with E-state index in [-0.39, 0.29) is 6.54 Å². The number of rotatable bonds is 2. The zero-order valence-electron chi connectivity index (χ0n) is 7.10. The minimum absolute atomic E-state index is 0.0902. The number of nitrogens with zero attached hydrogens (tertiary/aromatic N) is 4. The van der Waals surface area contributed by atoms with Gasteiger partial charge in [-0.05, 0) is 6.92 Å². The predicted octanol–water partition coefficient (Wildman–Crippen LogP) is 0.483. The van der Waals surface area contributed by atoms with E-state index in [1.807, 2.05) is 0 Å². The first-order valence-corrected chi connectivity index (χ1v) is 3.48. The lowest BCUT2D eigenvalue weighted by molar-refractivity contribution is 0.214. The van der Waals surface area contributed by atoms with Crippen LogP contribution >= 0.6 is 0 Å². The van der Waals surface area contributed by atoms with E-state index in [1.165, 1.54) is 0 Å². The molecule has 0 aliphatic carbocycles. The minimum Gasteiger partial charge on any atom is -0.348 e. The van der Waals surface area contributed by atoms with Crippen molar-refractivity contribution in [1.29, 1.82) is 5.26 Å². The molecule has 0 fully saturated rings. The van der Waals surface area contributed by atoms with Gasteiger partial charge in [-0.3, -0.25) is 0 Å². The first-order chi connectivity index (χ1) is 6.11. The first kappa shape index (κ1) is 11.0. The van der Waals surface area contributed by atoms with E-state index in [1.54, 1.807) is 13.0 Å². The maximum Gasteiger partial charge on any atom is 0.363 e. The average Bonchev–Trinajstić information content (AvgIpc) is 2.10. The molecule has 0 aliphatic rings. The van der Waals surface area contributed by atoms with Crippen LogP contribution in [-0.2, 0) is 0 Å².